The molecular formula is C21H24Cl2N4O5S. The highest BCUT2D eigenvalue weighted by Gasteiger charge is 2.21. The van der Waals surface area contributed by atoms with Crippen molar-refractivity contribution >= 4 is 57.4 Å². The third kappa shape index (κ3) is 7.38. The summed E-state index contributed by atoms with van der Waals surface area (Å²) in [6.07, 6.45) is 0.155. The molecule has 12 heteroatoms. The van der Waals surface area contributed by atoms with Gasteiger partial charge in [0, 0.05) is 37.7 Å². The monoisotopic (exact) mass is 514 g/mol. The largest absolute Gasteiger partial charge is 0.383 e. The van der Waals surface area contributed by atoms with Crippen LogP contribution in [0.5, 0.6) is 0 Å². The number of nitrogens with one attached hydrogen (secondary N) is 1. The van der Waals surface area contributed by atoms with E-state index < -0.39 is 5.91 Å². The lowest BCUT2D eigenvalue weighted by Gasteiger charge is -2.26. The summed E-state index contributed by atoms with van der Waals surface area (Å²) in [6.45, 7) is 2.46. The number of amides is 3. The van der Waals surface area contributed by atoms with Crippen LogP contribution in [0.1, 0.15) is 16.1 Å². The Morgan fingerprint density at radius 2 is 2.00 bits per heavy atom. The number of aromatic nitrogens is 1. The highest BCUT2D eigenvalue weighted by molar-refractivity contribution is 7.13. The fourth-order valence-corrected chi connectivity index (χ4v) is 4.15. The van der Waals surface area contributed by atoms with Gasteiger partial charge in [0.1, 0.15) is 6.54 Å². The van der Waals surface area contributed by atoms with E-state index in [-0.39, 0.29) is 43.0 Å². The van der Waals surface area contributed by atoms with E-state index in [4.69, 9.17) is 32.7 Å². The van der Waals surface area contributed by atoms with Crippen molar-refractivity contribution in [2.45, 2.75) is 6.42 Å². The number of benzene rings is 1. The number of nitrogens with zero attached hydrogens (tertiary/aromatic N) is 3. The quantitative estimate of drug-likeness (QED) is 0.551. The maximum absolute atomic E-state index is 12.9. The minimum atomic E-state index is -0.417. The van der Waals surface area contributed by atoms with Gasteiger partial charge in [-0.1, -0.05) is 23.2 Å². The van der Waals surface area contributed by atoms with Gasteiger partial charge in [0.05, 0.1) is 42.0 Å². The molecule has 1 aromatic carbocycles. The average molecular weight is 515 g/mol. The second kappa shape index (κ2) is 12.3. The van der Waals surface area contributed by atoms with E-state index in [9.17, 15) is 14.4 Å². The Morgan fingerprint density at radius 3 is 2.70 bits per heavy atom. The third-order valence-electron chi connectivity index (χ3n) is 4.85. The van der Waals surface area contributed by atoms with E-state index in [1.54, 1.807) is 16.3 Å². The van der Waals surface area contributed by atoms with Crippen LogP contribution >= 0.6 is 34.5 Å². The third-order valence-corrected chi connectivity index (χ3v) is 6.39. The Balaban J connectivity index is 1.59. The van der Waals surface area contributed by atoms with Gasteiger partial charge in [0.25, 0.3) is 5.91 Å². The fourth-order valence-electron chi connectivity index (χ4n) is 3.12. The number of thiazole rings is 1. The number of carbonyl (C=O) groups excluding carboxylic acids is 3. The maximum Gasteiger partial charge on any atom is 0.254 e. The predicted molar refractivity (Wildman–Crippen MR) is 126 cm³/mol. The molecular weight excluding hydrogens is 491 g/mol. The minimum absolute atomic E-state index is 0.0283. The summed E-state index contributed by atoms with van der Waals surface area (Å²) in [7, 11) is 1.51. The second-order valence-electron chi connectivity index (χ2n) is 7.21. The zero-order valence-electron chi connectivity index (χ0n) is 18.0. The zero-order valence-corrected chi connectivity index (χ0v) is 20.3. The number of hydrogen-bond donors (Lipinski definition) is 1. The van der Waals surface area contributed by atoms with Crippen LogP contribution in [0.4, 0.5) is 5.13 Å². The molecule has 1 aromatic heterocycles. The molecule has 0 spiro atoms. The lowest BCUT2D eigenvalue weighted by Crippen LogP contribution is -2.41. The van der Waals surface area contributed by atoms with Crippen LogP contribution in [0, 0.1) is 0 Å². The molecule has 1 saturated heterocycles. The Labute approximate surface area is 205 Å². The van der Waals surface area contributed by atoms with Crippen LogP contribution in [0.2, 0.25) is 10.0 Å². The van der Waals surface area contributed by atoms with Crippen molar-refractivity contribution in [2.24, 2.45) is 0 Å². The van der Waals surface area contributed by atoms with E-state index in [1.807, 2.05) is 0 Å². The molecule has 0 aliphatic carbocycles. The summed E-state index contributed by atoms with van der Waals surface area (Å²) < 4.78 is 10.3. The molecule has 1 aliphatic heterocycles. The smallest absolute Gasteiger partial charge is 0.254 e. The molecule has 0 radical (unpaired) electrons. The number of methoxy groups -OCH3 is 1. The van der Waals surface area contributed by atoms with E-state index in [1.165, 1.54) is 35.5 Å². The molecule has 1 aliphatic rings. The molecule has 1 fully saturated rings. The number of rotatable bonds is 9. The van der Waals surface area contributed by atoms with Gasteiger partial charge >= 0.3 is 0 Å². The van der Waals surface area contributed by atoms with Gasteiger partial charge in [-0.05, 0) is 18.2 Å². The average Bonchev–Trinajstić information content (AvgIpc) is 3.24. The molecule has 0 saturated carbocycles. The topological polar surface area (TPSA) is 101 Å². The Bertz CT molecular complexity index is 997. The highest BCUT2D eigenvalue weighted by Crippen LogP contribution is 2.23. The van der Waals surface area contributed by atoms with E-state index in [2.05, 4.69) is 10.3 Å². The molecule has 3 rings (SSSR count). The van der Waals surface area contributed by atoms with Crippen LogP contribution < -0.4 is 5.32 Å². The predicted octanol–water partition coefficient (Wildman–Crippen LogP) is 2.58. The second-order valence-corrected chi connectivity index (χ2v) is 8.88. The standard InChI is InChI=1S/C21H24Cl2N4O5S/c1-31-7-4-27(20(30)14-2-3-16(22)17(23)10-14)12-18(28)25-21-24-15(13-33-21)11-19(29)26-5-8-32-9-6-26/h2-3,10,13H,4-9,11-12H2,1H3,(H,24,25,28). The minimum Gasteiger partial charge on any atom is -0.383 e. The SMILES string of the molecule is COCCN(CC(=O)Nc1nc(CC(=O)N2CCOCC2)cs1)C(=O)c1ccc(Cl)c(Cl)c1. The first-order valence-corrected chi connectivity index (χ1v) is 11.8. The summed E-state index contributed by atoms with van der Waals surface area (Å²) in [4.78, 5) is 45.3. The first-order chi connectivity index (χ1) is 15.9. The molecule has 0 atom stereocenters. The molecule has 2 heterocycles. The van der Waals surface area contributed by atoms with Gasteiger partial charge < -0.3 is 24.6 Å². The van der Waals surface area contributed by atoms with Crippen molar-refractivity contribution in [3.63, 3.8) is 0 Å². The van der Waals surface area contributed by atoms with Gasteiger partial charge in [0.2, 0.25) is 11.8 Å². The number of ether oxygens (including phenoxy) is 2. The molecule has 9 nitrogen and oxygen atoms in total. The van der Waals surface area contributed by atoms with Crippen molar-refractivity contribution < 1.29 is 23.9 Å². The van der Waals surface area contributed by atoms with Crippen molar-refractivity contribution in [1.82, 2.24) is 14.8 Å². The van der Waals surface area contributed by atoms with Gasteiger partial charge in [0.15, 0.2) is 5.13 Å². The summed E-state index contributed by atoms with van der Waals surface area (Å²) in [5, 5.41) is 5.37. The Kier molecular flexibility index (Phi) is 9.45. The Hall–Kier alpha value is -2.24. The van der Waals surface area contributed by atoms with Gasteiger partial charge in [-0.25, -0.2) is 4.98 Å². The molecule has 0 bridgehead atoms. The zero-order chi connectivity index (χ0) is 23.8. The van der Waals surface area contributed by atoms with Gasteiger partial charge in [-0.2, -0.15) is 0 Å². The number of morpholine rings is 1. The lowest BCUT2D eigenvalue weighted by atomic mass is 10.2. The van der Waals surface area contributed by atoms with Crippen molar-refractivity contribution in [3.8, 4) is 0 Å². The van der Waals surface area contributed by atoms with Crippen molar-refractivity contribution in [3.05, 3.63) is 44.9 Å². The van der Waals surface area contributed by atoms with Crippen LogP contribution in [0.15, 0.2) is 23.6 Å². The lowest BCUT2D eigenvalue weighted by molar-refractivity contribution is -0.134. The summed E-state index contributed by atoms with van der Waals surface area (Å²) in [5.74, 6) is -0.823. The summed E-state index contributed by atoms with van der Waals surface area (Å²) in [5.41, 5.74) is 0.890. The van der Waals surface area contributed by atoms with Crippen LogP contribution in [0.3, 0.4) is 0 Å². The molecule has 33 heavy (non-hydrogen) atoms. The highest BCUT2D eigenvalue weighted by atomic mass is 35.5. The molecule has 2 aromatic rings. The fraction of sp³-hybridized carbons (Fsp3) is 0.429. The maximum atomic E-state index is 12.9. The molecule has 1 N–H and O–H groups in total. The number of anilines is 1. The molecule has 3 amide bonds. The first-order valence-electron chi connectivity index (χ1n) is 10.2. The van der Waals surface area contributed by atoms with Crippen molar-refractivity contribution in [2.75, 3.05) is 58.4 Å². The van der Waals surface area contributed by atoms with Crippen molar-refractivity contribution in [1.29, 1.82) is 0 Å². The van der Waals surface area contributed by atoms with Crippen LogP contribution in [-0.2, 0) is 25.5 Å². The molecule has 178 valence electrons. The number of halogens is 2. The van der Waals surface area contributed by atoms with E-state index in [0.717, 1.165) is 0 Å². The van der Waals surface area contributed by atoms with Crippen LogP contribution in [-0.4, -0.2) is 85.6 Å². The summed E-state index contributed by atoms with van der Waals surface area (Å²) in [6, 6.07) is 4.54. The first kappa shape index (κ1) is 25.4. The summed E-state index contributed by atoms with van der Waals surface area (Å²) >= 11 is 13.2. The number of carbonyl (C=O) groups is 3. The van der Waals surface area contributed by atoms with E-state index in [0.29, 0.717) is 47.7 Å². The Morgan fingerprint density at radius 1 is 1.24 bits per heavy atom. The van der Waals surface area contributed by atoms with E-state index >= 15 is 0 Å². The molecule has 0 unspecified atom stereocenters. The number of hydrogen-bond acceptors (Lipinski definition) is 7. The van der Waals surface area contributed by atoms with Gasteiger partial charge in [-0.3, -0.25) is 14.4 Å². The van der Waals surface area contributed by atoms with Gasteiger partial charge in [-0.15, -0.1) is 11.3 Å². The van der Waals surface area contributed by atoms with Crippen LogP contribution in [0.25, 0.3) is 0 Å². The normalized spacial score (nSPS) is 13.6.